The highest BCUT2D eigenvalue weighted by Crippen LogP contribution is 2.36. The molecule has 0 spiro atoms. The van der Waals surface area contributed by atoms with E-state index in [1.807, 2.05) is 42.5 Å². The van der Waals surface area contributed by atoms with Crippen LogP contribution in [0.1, 0.15) is 41.6 Å². The number of rotatable bonds is 7. The summed E-state index contributed by atoms with van der Waals surface area (Å²) in [5.74, 6) is 0.888. The summed E-state index contributed by atoms with van der Waals surface area (Å²) < 4.78 is 25.9. The van der Waals surface area contributed by atoms with E-state index in [-0.39, 0.29) is 40.3 Å². The average Bonchev–Trinajstić information content (AvgIpc) is 3.67. The fourth-order valence-electron chi connectivity index (χ4n) is 5.21. The number of likely N-dealkylation sites (tertiary alicyclic amines) is 2. The van der Waals surface area contributed by atoms with Gasteiger partial charge in [-0.25, -0.2) is 4.39 Å². The zero-order chi connectivity index (χ0) is 27.8. The monoisotopic (exact) mass is 560 g/mol. The summed E-state index contributed by atoms with van der Waals surface area (Å²) in [5.41, 5.74) is 2.47. The number of hydrogen-bond acceptors (Lipinski definition) is 6. The molecular formula is C30H26ClFN4O4. The number of benzene rings is 3. The van der Waals surface area contributed by atoms with Crippen LogP contribution in [0.3, 0.4) is 0 Å². The molecule has 6 rings (SSSR count). The van der Waals surface area contributed by atoms with Gasteiger partial charge in [0.2, 0.25) is 11.8 Å². The molecule has 2 aliphatic heterocycles. The minimum Gasteiger partial charge on any atom is -0.457 e. The number of ether oxygens (including phenoxy) is 1. The minimum atomic E-state index is -0.602. The van der Waals surface area contributed by atoms with E-state index >= 15 is 0 Å². The van der Waals surface area contributed by atoms with Crippen molar-refractivity contribution < 1.29 is 23.2 Å². The van der Waals surface area contributed by atoms with E-state index in [0.29, 0.717) is 49.6 Å². The summed E-state index contributed by atoms with van der Waals surface area (Å²) >= 11 is 5.86. The van der Waals surface area contributed by atoms with Crippen LogP contribution >= 0.6 is 11.6 Å². The maximum absolute atomic E-state index is 14.2. The van der Waals surface area contributed by atoms with Crippen LogP contribution in [0.15, 0.2) is 71.3 Å². The predicted octanol–water partition coefficient (Wildman–Crippen LogP) is 5.78. The third kappa shape index (κ3) is 5.29. The van der Waals surface area contributed by atoms with E-state index in [1.165, 1.54) is 12.1 Å². The Morgan fingerprint density at radius 3 is 2.55 bits per heavy atom. The molecule has 2 saturated heterocycles. The molecule has 2 amide bonds. The maximum atomic E-state index is 14.2. The van der Waals surface area contributed by atoms with Gasteiger partial charge in [0.25, 0.3) is 5.89 Å². The summed E-state index contributed by atoms with van der Waals surface area (Å²) in [6.07, 6.45) is 0.767. The first-order valence-electron chi connectivity index (χ1n) is 13.0. The van der Waals surface area contributed by atoms with Gasteiger partial charge in [-0.2, -0.15) is 4.98 Å². The molecule has 2 fully saturated rings. The van der Waals surface area contributed by atoms with Crippen molar-refractivity contribution in [2.24, 2.45) is 0 Å². The highest BCUT2D eigenvalue weighted by molar-refractivity contribution is 6.30. The second-order valence-electron chi connectivity index (χ2n) is 10.2. The number of amides is 2. The number of carbonyl (C=O) groups excluding carboxylic acids is 2. The Bertz CT molecular complexity index is 1580. The van der Waals surface area contributed by atoms with Gasteiger partial charge in [0, 0.05) is 68.6 Å². The summed E-state index contributed by atoms with van der Waals surface area (Å²) in [4.78, 5) is 32.9. The number of hydrogen-bond donors (Lipinski definition) is 0. The minimum absolute atomic E-state index is 0.00892. The smallest absolute Gasteiger partial charge is 0.258 e. The van der Waals surface area contributed by atoms with Crippen LogP contribution in [0.5, 0.6) is 11.5 Å². The third-order valence-corrected chi connectivity index (χ3v) is 7.73. The lowest BCUT2D eigenvalue weighted by atomic mass is 9.98. The number of carbonyl (C=O) groups is 2. The van der Waals surface area contributed by atoms with Crippen molar-refractivity contribution in [2.45, 2.75) is 31.2 Å². The normalized spacial score (nSPS) is 19.1. The lowest BCUT2D eigenvalue weighted by Gasteiger charge is -2.20. The van der Waals surface area contributed by atoms with E-state index in [9.17, 15) is 14.0 Å². The largest absolute Gasteiger partial charge is 0.457 e. The Kier molecular flexibility index (Phi) is 6.98. The zero-order valence-electron chi connectivity index (χ0n) is 21.7. The molecule has 40 heavy (non-hydrogen) atoms. The topological polar surface area (TPSA) is 88.8 Å². The first kappa shape index (κ1) is 26.0. The van der Waals surface area contributed by atoms with E-state index < -0.39 is 5.82 Å². The fourth-order valence-corrected chi connectivity index (χ4v) is 5.33. The molecule has 2 atom stereocenters. The molecular weight excluding hydrogens is 535 g/mol. The van der Waals surface area contributed by atoms with Crippen LogP contribution in [0.2, 0.25) is 5.02 Å². The molecule has 3 aromatic carbocycles. The van der Waals surface area contributed by atoms with Crippen LogP contribution in [0.25, 0.3) is 11.5 Å². The van der Waals surface area contributed by atoms with Crippen molar-refractivity contribution in [3.05, 3.63) is 94.5 Å². The van der Waals surface area contributed by atoms with Gasteiger partial charge in [0.1, 0.15) is 17.3 Å². The van der Waals surface area contributed by atoms with E-state index in [2.05, 4.69) is 10.1 Å². The molecule has 8 nitrogen and oxygen atoms in total. The van der Waals surface area contributed by atoms with Gasteiger partial charge in [0.15, 0.2) is 5.82 Å². The Morgan fingerprint density at radius 1 is 1.00 bits per heavy atom. The first-order valence-corrected chi connectivity index (χ1v) is 13.4. The second kappa shape index (κ2) is 10.7. The van der Waals surface area contributed by atoms with Crippen molar-refractivity contribution in [2.75, 3.05) is 20.1 Å². The van der Waals surface area contributed by atoms with Gasteiger partial charge >= 0.3 is 0 Å². The molecule has 204 valence electrons. The third-order valence-electron chi connectivity index (χ3n) is 7.43. The molecule has 0 saturated carbocycles. The molecule has 10 heteroatoms. The van der Waals surface area contributed by atoms with Gasteiger partial charge in [-0.1, -0.05) is 53.2 Å². The number of halogens is 2. The van der Waals surface area contributed by atoms with Gasteiger partial charge in [-0.05, 0) is 29.8 Å². The van der Waals surface area contributed by atoms with Gasteiger partial charge < -0.3 is 19.1 Å². The number of nitrogens with zero attached hydrogens (tertiary/aromatic N) is 4. The maximum Gasteiger partial charge on any atom is 0.258 e. The standard InChI is InChI=1S/C30H26ClFN4O4/c1-35-15-22(13-27(35)37)29-33-30(40-34-29)19-7-8-20(26(11-19)39-23-9-10-24(31)25(32)14-23)16-36-17-21(12-28(36)38)18-5-3-2-4-6-18/h2-11,14,21-22H,12-13,15-17H2,1H3. The van der Waals surface area contributed by atoms with Crippen LogP contribution in [-0.4, -0.2) is 51.9 Å². The van der Waals surface area contributed by atoms with Crippen LogP contribution in [0.4, 0.5) is 4.39 Å². The lowest BCUT2D eigenvalue weighted by molar-refractivity contribution is -0.128. The number of aromatic nitrogens is 2. The molecule has 0 bridgehead atoms. The molecule has 2 unspecified atom stereocenters. The van der Waals surface area contributed by atoms with Crippen molar-refractivity contribution in [3.63, 3.8) is 0 Å². The fraction of sp³-hybridized carbons (Fsp3) is 0.267. The van der Waals surface area contributed by atoms with Crippen molar-refractivity contribution in [3.8, 4) is 23.0 Å². The van der Waals surface area contributed by atoms with Crippen molar-refractivity contribution >= 4 is 23.4 Å². The second-order valence-corrected chi connectivity index (χ2v) is 10.6. The molecule has 1 aromatic heterocycles. The van der Waals surface area contributed by atoms with E-state index in [4.69, 9.17) is 20.9 Å². The summed E-state index contributed by atoms with van der Waals surface area (Å²) in [6, 6.07) is 19.6. The summed E-state index contributed by atoms with van der Waals surface area (Å²) in [6.45, 7) is 1.43. The Hall–Kier alpha value is -4.24. The highest BCUT2D eigenvalue weighted by atomic mass is 35.5. The quantitative estimate of drug-likeness (QED) is 0.284. The van der Waals surface area contributed by atoms with E-state index in [1.54, 1.807) is 29.0 Å². The first-order chi connectivity index (χ1) is 19.3. The van der Waals surface area contributed by atoms with Crippen LogP contribution < -0.4 is 4.74 Å². The Morgan fingerprint density at radius 2 is 1.80 bits per heavy atom. The SMILES string of the molecule is CN1CC(c2noc(-c3ccc(CN4CC(c5ccccc5)CC4=O)c(Oc4ccc(Cl)c(F)c4)c3)n2)CC1=O. The lowest BCUT2D eigenvalue weighted by Crippen LogP contribution is -2.24. The average molecular weight is 561 g/mol. The molecule has 0 N–H and O–H groups in total. The van der Waals surface area contributed by atoms with Crippen LogP contribution in [-0.2, 0) is 16.1 Å². The summed E-state index contributed by atoms with van der Waals surface area (Å²) in [7, 11) is 1.75. The zero-order valence-corrected chi connectivity index (χ0v) is 22.5. The summed E-state index contributed by atoms with van der Waals surface area (Å²) in [5, 5.41) is 4.10. The Balaban J connectivity index is 1.28. The van der Waals surface area contributed by atoms with Crippen LogP contribution in [0, 0.1) is 5.82 Å². The van der Waals surface area contributed by atoms with Crippen molar-refractivity contribution in [1.82, 2.24) is 19.9 Å². The van der Waals surface area contributed by atoms with Gasteiger partial charge in [-0.3, -0.25) is 9.59 Å². The molecule has 4 aromatic rings. The highest BCUT2D eigenvalue weighted by Gasteiger charge is 2.33. The number of likely N-dealkylation sites (N-methyl/N-ethyl adjacent to an activating group) is 1. The molecule has 3 heterocycles. The van der Waals surface area contributed by atoms with Crippen molar-refractivity contribution in [1.29, 1.82) is 0 Å². The Labute approximate surface area is 235 Å². The molecule has 2 aliphatic rings. The molecule has 0 aliphatic carbocycles. The van der Waals surface area contributed by atoms with E-state index in [0.717, 1.165) is 11.1 Å². The van der Waals surface area contributed by atoms with Gasteiger partial charge in [0.05, 0.1) is 5.02 Å². The van der Waals surface area contributed by atoms with Gasteiger partial charge in [-0.15, -0.1) is 0 Å². The molecule has 0 radical (unpaired) electrons. The predicted molar refractivity (Wildman–Crippen MR) is 145 cm³/mol.